The SMILES string of the molecule is CCN(C(=O)CN)[C@H](C=O)CC(=O)O. The van der Waals surface area contributed by atoms with Crippen LogP contribution in [0.2, 0.25) is 0 Å². The van der Waals surface area contributed by atoms with Gasteiger partial charge in [-0.1, -0.05) is 0 Å². The molecule has 0 aliphatic rings. The van der Waals surface area contributed by atoms with Crippen molar-refractivity contribution in [1.29, 1.82) is 0 Å². The van der Waals surface area contributed by atoms with Crippen LogP contribution in [-0.2, 0) is 14.4 Å². The average Bonchev–Trinajstić information content (AvgIpc) is 2.16. The lowest BCUT2D eigenvalue weighted by Crippen LogP contribution is -2.45. The molecule has 0 fully saturated rings. The minimum atomic E-state index is -1.12. The summed E-state index contributed by atoms with van der Waals surface area (Å²) in [6, 6.07) is -0.923. The van der Waals surface area contributed by atoms with E-state index < -0.39 is 17.9 Å². The third-order valence-corrected chi connectivity index (χ3v) is 1.78. The molecule has 0 spiro atoms. The van der Waals surface area contributed by atoms with Crippen molar-refractivity contribution in [1.82, 2.24) is 4.90 Å². The van der Waals surface area contributed by atoms with Gasteiger partial charge in [-0.2, -0.15) is 0 Å². The molecule has 0 bridgehead atoms. The summed E-state index contributed by atoms with van der Waals surface area (Å²) in [4.78, 5) is 33.3. The Hall–Kier alpha value is -1.43. The van der Waals surface area contributed by atoms with Crippen LogP contribution in [-0.4, -0.2) is 47.3 Å². The number of carbonyl (C=O) groups excluding carboxylic acids is 2. The van der Waals surface area contributed by atoms with E-state index in [0.717, 1.165) is 4.90 Å². The van der Waals surface area contributed by atoms with Crippen molar-refractivity contribution in [2.45, 2.75) is 19.4 Å². The van der Waals surface area contributed by atoms with Crippen LogP contribution >= 0.6 is 0 Å². The van der Waals surface area contributed by atoms with E-state index in [9.17, 15) is 14.4 Å². The summed E-state index contributed by atoms with van der Waals surface area (Å²) < 4.78 is 0. The summed E-state index contributed by atoms with van der Waals surface area (Å²) in [5, 5.41) is 8.49. The minimum absolute atomic E-state index is 0.224. The molecule has 0 saturated heterocycles. The van der Waals surface area contributed by atoms with Crippen LogP contribution in [0.15, 0.2) is 0 Å². The molecular weight excluding hydrogens is 188 g/mol. The number of carbonyl (C=O) groups is 3. The molecule has 6 nitrogen and oxygen atoms in total. The van der Waals surface area contributed by atoms with Crippen LogP contribution in [0.25, 0.3) is 0 Å². The van der Waals surface area contributed by atoms with E-state index in [4.69, 9.17) is 10.8 Å². The molecule has 0 radical (unpaired) electrons. The Kier molecular flexibility index (Phi) is 5.47. The molecule has 0 unspecified atom stereocenters. The molecule has 0 aromatic carbocycles. The molecule has 3 N–H and O–H groups in total. The van der Waals surface area contributed by atoms with Crippen molar-refractivity contribution >= 4 is 18.2 Å². The van der Waals surface area contributed by atoms with Gasteiger partial charge in [0.15, 0.2) is 0 Å². The Morgan fingerprint density at radius 3 is 2.43 bits per heavy atom. The summed E-state index contributed by atoms with van der Waals surface area (Å²) in [6.45, 7) is 1.70. The summed E-state index contributed by atoms with van der Waals surface area (Å²) in [5.74, 6) is -1.55. The van der Waals surface area contributed by atoms with Gasteiger partial charge in [-0.3, -0.25) is 9.59 Å². The first-order valence-electron chi connectivity index (χ1n) is 4.23. The van der Waals surface area contributed by atoms with Gasteiger partial charge in [0.25, 0.3) is 0 Å². The Balaban J connectivity index is 4.51. The molecule has 14 heavy (non-hydrogen) atoms. The lowest BCUT2D eigenvalue weighted by molar-refractivity contribution is -0.142. The van der Waals surface area contributed by atoms with Gasteiger partial charge in [-0.15, -0.1) is 0 Å². The average molecular weight is 202 g/mol. The number of aliphatic carboxylic acids is 1. The molecule has 0 heterocycles. The quantitative estimate of drug-likeness (QED) is 0.529. The second kappa shape index (κ2) is 6.09. The number of nitrogens with two attached hydrogens (primary N) is 1. The van der Waals surface area contributed by atoms with Crippen LogP contribution in [0.5, 0.6) is 0 Å². The monoisotopic (exact) mass is 202 g/mol. The summed E-state index contributed by atoms with van der Waals surface area (Å²) in [5.41, 5.74) is 5.12. The zero-order valence-corrected chi connectivity index (χ0v) is 7.97. The molecule has 0 aromatic heterocycles. The highest BCUT2D eigenvalue weighted by atomic mass is 16.4. The molecule has 0 aliphatic heterocycles. The van der Waals surface area contributed by atoms with Gasteiger partial charge in [0.1, 0.15) is 6.29 Å². The normalized spacial score (nSPS) is 11.9. The van der Waals surface area contributed by atoms with Crippen molar-refractivity contribution in [3.05, 3.63) is 0 Å². The van der Waals surface area contributed by atoms with Crippen molar-refractivity contribution < 1.29 is 19.5 Å². The fourth-order valence-electron chi connectivity index (χ4n) is 1.12. The van der Waals surface area contributed by atoms with Gasteiger partial charge in [0.05, 0.1) is 19.0 Å². The molecule has 0 aromatic rings. The van der Waals surface area contributed by atoms with E-state index in [1.54, 1.807) is 6.92 Å². The predicted octanol–water partition coefficient (Wildman–Crippen LogP) is -1.16. The Morgan fingerprint density at radius 1 is 1.57 bits per heavy atom. The molecule has 80 valence electrons. The highest BCUT2D eigenvalue weighted by Crippen LogP contribution is 2.02. The van der Waals surface area contributed by atoms with E-state index in [-0.39, 0.29) is 19.5 Å². The van der Waals surface area contributed by atoms with Gasteiger partial charge in [0.2, 0.25) is 5.91 Å². The molecule has 1 amide bonds. The molecule has 0 aliphatic carbocycles. The first-order chi connectivity index (χ1) is 6.56. The Morgan fingerprint density at radius 2 is 2.14 bits per heavy atom. The fraction of sp³-hybridized carbons (Fsp3) is 0.625. The highest BCUT2D eigenvalue weighted by molar-refractivity contribution is 5.83. The lowest BCUT2D eigenvalue weighted by Gasteiger charge is -2.25. The highest BCUT2D eigenvalue weighted by Gasteiger charge is 2.22. The van der Waals surface area contributed by atoms with Gasteiger partial charge in [-0.05, 0) is 6.92 Å². The van der Waals surface area contributed by atoms with Crippen LogP contribution < -0.4 is 5.73 Å². The number of amides is 1. The zero-order chi connectivity index (χ0) is 11.1. The second-order valence-electron chi connectivity index (χ2n) is 2.69. The van der Waals surface area contributed by atoms with Crippen LogP contribution in [0.4, 0.5) is 0 Å². The van der Waals surface area contributed by atoms with E-state index in [1.165, 1.54) is 0 Å². The number of carboxylic acid groups (broad SMARTS) is 1. The standard InChI is InChI=1S/C8H14N2O4/c1-2-10(7(12)4-9)6(5-11)3-8(13)14/h5-6H,2-4,9H2,1H3,(H,13,14)/t6-/m0/s1. The molecule has 0 rings (SSSR count). The number of hydrogen-bond donors (Lipinski definition) is 2. The first kappa shape index (κ1) is 12.6. The van der Waals surface area contributed by atoms with E-state index in [2.05, 4.69) is 0 Å². The largest absolute Gasteiger partial charge is 0.481 e. The van der Waals surface area contributed by atoms with Crippen LogP contribution in [0, 0.1) is 0 Å². The summed E-state index contributed by atoms with van der Waals surface area (Å²) >= 11 is 0. The minimum Gasteiger partial charge on any atom is -0.481 e. The topological polar surface area (TPSA) is 101 Å². The van der Waals surface area contributed by atoms with Crippen LogP contribution in [0.1, 0.15) is 13.3 Å². The fourth-order valence-corrected chi connectivity index (χ4v) is 1.12. The first-order valence-corrected chi connectivity index (χ1v) is 4.23. The maximum Gasteiger partial charge on any atom is 0.305 e. The maximum atomic E-state index is 11.2. The predicted molar refractivity (Wildman–Crippen MR) is 48.5 cm³/mol. The molecular formula is C8H14N2O4. The number of hydrogen-bond acceptors (Lipinski definition) is 4. The molecule has 1 atom stereocenters. The van der Waals surface area contributed by atoms with Gasteiger partial charge in [-0.25, -0.2) is 0 Å². The second-order valence-corrected chi connectivity index (χ2v) is 2.69. The van der Waals surface area contributed by atoms with Crippen molar-refractivity contribution in [3.8, 4) is 0 Å². The zero-order valence-electron chi connectivity index (χ0n) is 7.97. The van der Waals surface area contributed by atoms with Crippen molar-refractivity contribution in [3.63, 3.8) is 0 Å². The van der Waals surface area contributed by atoms with Gasteiger partial charge in [0, 0.05) is 6.54 Å². The maximum absolute atomic E-state index is 11.2. The van der Waals surface area contributed by atoms with Crippen molar-refractivity contribution in [2.24, 2.45) is 5.73 Å². The Bertz CT molecular complexity index is 229. The number of rotatable bonds is 6. The summed E-state index contributed by atoms with van der Waals surface area (Å²) in [7, 11) is 0. The van der Waals surface area contributed by atoms with Gasteiger partial charge >= 0.3 is 5.97 Å². The number of likely N-dealkylation sites (N-methyl/N-ethyl adjacent to an activating group) is 1. The van der Waals surface area contributed by atoms with Crippen LogP contribution in [0.3, 0.4) is 0 Å². The van der Waals surface area contributed by atoms with E-state index in [1.807, 2.05) is 0 Å². The van der Waals surface area contributed by atoms with Gasteiger partial charge < -0.3 is 20.5 Å². The molecule has 0 saturated carbocycles. The number of aldehydes is 1. The van der Waals surface area contributed by atoms with E-state index >= 15 is 0 Å². The third kappa shape index (κ3) is 3.53. The number of nitrogens with zero attached hydrogens (tertiary/aromatic N) is 1. The Labute approximate surface area is 81.7 Å². The lowest BCUT2D eigenvalue weighted by atomic mass is 10.2. The van der Waals surface area contributed by atoms with Crippen molar-refractivity contribution in [2.75, 3.05) is 13.1 Å². The smallest absolute Gasteiger partial charge is 0.305 e. The number of carboxylic acids is 1. The third-order valence-electron chi connectivity index (χ3n) is 1.78. The van der Waals surface area contributed by atoms with E-state index in [0.29, 0.717) is 6.29 Å². The molecule has 6 heteroatoms. The summed E-state index contributed by atoms with van der Waals surface area (Å²) in [6.07, 6.45) is 0.0638.